The van der Waals surface area contributed by atoms with Gasteiger partial charge in [-0.3, -0.25) is 4.79 Å². The van der Waals surface area contributed by atoms with E-state index in [1.165, 1.54) is 38.3 Å². The largest absolute Gasteiger partial charge is 0.465 e. The first-order valence-corrected chi connectivity index (χ1v) is 11.4. The monoisotopic (exact) mass is 514 g/mol. The number of hydrogen-bond acceptors (Lipinski definition) is 6. The summed E-state index contributed by atoms with van der Waals surface area (Å²) >= 11 is 0. The molecule has 0 atom stereocenters. The molecule has 9 heteroatoms. The van der Waals surface area contributed by atoms with Crippen molar-refractivity contribution >= 4 is 29.2 Å². The van der Waals surface area contributed by atoms with Crippen molar-refractivity contribution in [3.8, 4) is 23.0 Å². The Labute approximate surface area is 218 Å². The van der Waals surface area contributed by atoms with Gasteiger partial charge in [0.25, 0.3) is 0 Å². The Hall–Kier alpha value is -5.18. The molecule has 0 radical (unpaired) electrons. The molecule has 0 aliphatic heterocycles. The van der Waals surface area contributed by atoms with Crippen LogP contribution in [0.2, 0.25) is 0 Å². The van der Waals surface area contributed by atoms with Crippen molar-refractivity contribution in [2.24, 2.45) is 0 Å². The Morgan fingerprint density at radius 3 is 1.66 bits per heavy atom. The fourth-order valence-corrected chi connectivity index (χ4v) is 3.40. The summed E-state index contributed by atoms with van der Waals surface area (Å²) in [6, 6.07) is 22.5. The highest BCUT2D eigenvalue weighted by Gasteiger charge is 2.11. The average molecular weight is 515 g/mol. The molecule has 4 aromatic rings. The number of amides is 2. The van der Waals surface area contributed by atoms with Crippen LogP contribution in [-0.4, -0.2) is 24.9 Å². The van der Waals surface area contributed by atoms with Crippen LogP contribution in [0.4, 0.5) is 20.6 Å². The molecule has 38 heavy (non-hydrogen) atoms. The third-order valence-corrected chi connectivity index (χ3v) is 5.25. The molecule has 2 amide bonds. The number of carbonyl (C=O) groups is 3. The Morgan fingerprint density at radius 1 is 0.632 bits per heavy atom. The van der Waals surface area contributed by atoms with Gasteiger partial charge in [0, 0.05) is 35.1 Å². The molecule has 2 N–H and O–H groups in total. The second-order valence-corrected chi connectivity index (χ2v) is 8.08. The lowest BCUT2D eigenvalue weighted by Gasteiger charge is -2.14. The molecule has 8 nitrogen and oxygen atoms in total. The van der Waals surface area contributed by atoms with Gasteiger partial charge in [0.05, 0.1) is 12.7 Å². The van der Waals surface area contributed by atoms with Crippen LogP contribution in [0.25, 0.3) is 0 Å². The number of ether oxygens (including phenoxy) is 3. The highest BCUT2D eigenvalue weighted by atomic mass is 19.1. The first kappa shape index (κ1) is 25.9. The predicted molar refractivity (Wildman–Crippen MR) is 140 cm³/mol. The number of carbonyl (C=O) groups excluding carboxylic acids is 3. The number of halogens is 1. The van der Waals surface area contributed by atoms with Crippen molar-refractivity contribution in [1.29, 1.82) is 0 Å². The molecule has 0 saturated carbocycles. The fraction of sp³-hybridized carbons (Fsp3) is 0.0690. The second kappa shape index (κ2) is 11.7. The Balaban J connectivity index is 1.55. The normalized spacial score (nSPS) is 10.3. The lowest BCUT2D eigenvalue weighted by molar-refractivity contribution is 0.0600. The van der Waals surface area contributed by atoms with Crippen molar-refractivity contribution in [3.63, 3.8) is 0 Å². The third kappa shape index (κ3) is 6.94. The van der Waals surface area contributed by atoms with E-state index >= 15 is 0 Å². The molecule has 0 saturated heterocycles. The van der Waals surface area contributed by atoms with Crippen LogP contribution < -0.4 is 20.1 Å². The summed E-state index contributed by atoms with van der Waals surface area (Å²) in [6.45, 7) is 1.46. The zero-order valence-electron chi connectivity index (χ0n) is 20.5. The highest BCUT2D eigenvalue weighted by molar-refractivity contribution is 6.00. The molecule has 0 unspecified atom stereocenters. The Morgan fingerprint density at radius 2 is 1.13 bits per heavy atom. The number of hydrogen-bond donors (Lipinski definition) is 2. The summed E-state index contributed by atoms with van der Waals surface area (Å²) in [6.07, 6.45) is 0. The maximum Gasteiger partial charge on any atom is 0.337 e. The zero-order chi connectivity index (χ0) is 27.1. The summed E-state index contributed by atoms with van der Waals surface area (Å²) < 4.78 is 29.8. The van der Waals surface area contributed by atoms with E-state index in [2.05, 4.69) is 10.6 Å². The molecule has 4 aromatic carbocycles. The van der Waals surface area contributed by atoms with Crippen LogP contribution in [0, 0.1) is 5.82 Å². The summed E-state index contributed by atoms with van der Waals surface area (Å²) in [5.74, 6) is 0.508. The number of methoxy groups -OCH3 is 1. The van der Waals surface area contributed by atoms with Gasteiger partial charge in [-0.25, -0.2) is 14.0 Å². The number of ketones is 1. The van der Waals surface area contributed by atoms with E-state index < -0.39 is 17.8 Å². The van der Waals surface area contributed by atoms with Crippen LogP contribution in [0.1, 0.15) is 27.6 Å². The van der Waals surface area contributed by atoms with E-state index in [1.54, 1.807) is 66.7 Å². The summed E-state index contributed by atoms with van der Waals surface area (Å²) in [7, 11) is 1.30. The number of anilines is 2. The number of Topliss-reactive ketones (excluding diaryl/α,β-unsaturated/α-hetero) is 1. The van der Waals surface area contributed by atoms with Crippen LogP contribution in [0.3, 0.4) is 0 Å². The number of nitrogens with one attached hydrogen (secondary N) is 2. The molecular formula is C29H23FN2O6. The van der Waals surface area contributed by atoms with Gasteiger partial charge in [0.1, 0.15) is 28.8 Å². The van der Waals surface area contributed by atoms with Crippen molar-refractivity contribution < 1.29 is 33.0 Å². The van der Waals surface area contributed by atoms with E-state index in [-0.39, 0.29) is 5.78 Å². The standard InChI is InChI=1S/C29H23FN2O6/c1-18(33)19-3-9-22(10-4-19)31-29(35)32-23-15-26(37-24-11-5-20(6-12-24)28(34)36-2)17-27(16-23)38-25-13-7-21(30)8-14-25/h3-17H,1-2H3,(H2,31,32,35). The molecule has 192 valence electrons. The number of esters is 1. The van der Waals surface area contributed by atoms with Gasteiger partial charge in [-0.2, -0.15) is 0 Å². The van der Waals surface area contributed by atoms with Crippen molar-refractivity contribution in [3.05, 3.63) is 108 Å². The molecule has 0 aliphatic carbocycles. The Kier molecular flexibility index (Phi) is 7.98. The quantitative estimate of drug-likeness (QED) is 0.193. The first-order chi connectivity index (χ1) is 18.3. The lowest BCUT2D eigenvalue weighted by atomic mass is 10.1. The topological polar surface area (TPSA) is 103 Å². The minimum absolute atomic E-state index is 0.0774. The number of rotatable bonds is 8. The van der Waals surface area contributed by atoms with Gasteiger partial charge in [-0.1, -0.05) is 0 Å². The van der Waals surface area contributed by atoms with Crippen molar-refractivity contribution in [2.45, 2.75) is 6.92 Å². The molecular weight excluding hydrogens is 491 g/mol. The average Bonchev–Trinajstić information content (AvgIpc) is 2.90. The SMILES string of the molecule is COC(=O)c1ccc(Oc2cc(NC(=O)Nc3ccc(C(C)=O)cc3)cc(Oc3ccc(F)cc3)c2)cc1. The van der Waals surface area contributed by atoms with E-state index in [1.807, 2.05) is 0 Å². The van der Waals surface area contributed by atoms with Gasteiger partial charge < -0.3 is 24.8 Å². The van der Waals surface area contributed by atoms with Gasteiger partial charge >= 0.3 is 12.0 Å². The van der Waals surface area contributed by atoms with Gasteiger partial charge in [-0.05, 0) is 79.7 Å². The zero-order valence-corrected chi connectivity index (χ0v) is 20.5. The molecule has 0 fully saturated rings. The lowest BCUT2D eigenvalue weighted by Crippen LogP contribution is -2.19. The summed E-state index contributed by atoms with van der Waals surface area (Å²) in [4.78, 5) is 35.8. The maximum atomic E-state index is 13.3. The molecule has 0 heterocycles. The van der Waals surface area contributed by atoms with Crippen LogP contribution in [0.5, 0.6) is 23.0 Å². The molecule has 4 rings (SSSR count). The minimum atomic E-state index is -0.534. The van der Waals surface area contributed by atoms with Gasteiger partial charge in [0.2, 0.25) is 0 Å². The van der Waals surface area contributed by atoms with E-state index in [0.29, 0.717) is 45.5 Å². The van der Waals surface area contributed by atoms with Crippen molar-refractivity contribution in [1.82, 2.24) is 0 Å². The van der Waals surface area contributed by atoms with E-state index in [4.69, 9.17) is 14.2 Å². The van der Waals surface area contributed by atoms with Crippen LogP contribution in [0.15, 0.2) is 91.0 Å². The predicted octanol–water partition coefficient (Wildman–Crippen LogP) is 7.04. The molecule has 0 aliphatic rings. The van der Waals surface area contributed by atoms with E-state index in [0.717, 1.165) is 0 Å². The number of urea groups is 1. The molecule has 0 bridgehead atoms. The van der Waals surface area contributed by atoms with Crippen molar-refractivity contribution in [2.75, 3.05) is 17.7 Å². The third-order valence-electron chi connectivity index (χ3n) is 5.25. The summed E-state index contributed by atoms with van der Waals surface area (Å²) in [5.41, 5.74) is 1.74. The smallest absolute Gasteiger partial charge is 0.337 e. The first-order valence-electron chi connectivity index (χ1n) is 11.4. The fourth-order valence-electron chi connectivity index (χ4n) is 3.40. The second-order valence-electron chi connectivity index (χ2n) is 8.08. The van der Waals surface area contributed by atoms with Gasteiger partial charge in [-0.15, -0.1) is 0 Å². The minimum Gasteiger partial charge on any atom is -0.465 e. The maximum absolute atomic E-state index is 13.3. The van der Waals surface area contributed by atoms with E-state index in [9.17, 15) is 18.8 Å². The van der Waals surface area contributed by atoms with Gasteiger partial charge in [0.15, 0.2) is 5.78 Å². The number of benzene rings is 4. The Bertz CT molecular complexity index is 1450. The molecule has 0 aromatic heterocycles. The highest BCUT2D eigenvalue weighted by Crippen LogP contribution is 2.33. The molecule has 0 spiro atoms. The van der Waals surface area contributed by atoms with Crippen LogP contribution >= 0.6 is 0 Å². The summed E-state index contributed by atoms with van der Waals surface area (Å²) in [5, 5.41) is 5.42. The van der Waals surface area contributed by atoms with Crippen LogP contribution in [-0.2, 0) is 4.74 Å².